The molecule has 130 valence electrons. The molecule has 2 rings (SSSR count). The Morgan fingerprint density at radius 2 is 1.96 bits per heavy atom. The van der Waals surface area contributed by atoms with Crippen molar-refractivity contribution >= 4 is 21.6 Å². The Hall–Kier alpha value is -0.830. The number of likely N-dealkylation sites (N-methyl/N-ethyl adjacent to an activating group) is 1. The van der Waals surface area contributed by atoms with Gasteiger partial charge in [-0.25, -0.2) is 8.42 Å². The minimum Gasteiger partial charge on any atom is -0.305 e. The van der Waals surface area contributed by atoms with Gasteiger partial charge in [0.1, 0.15) is 4.90 Å². The molecule has 0 saturated carbocycles. The molecule has 0 amide bonds. The highest BCUT2D eigenvalue weighted by Gasteiger charge is 2.36. The first-order valence-corrected chi connectivity index (χ1v) is 8.88. The van der Waals surface area contributed by atoms with E-state index in [0.29, 0.717) is 12.5 Å². The Kier molecular flexibility index (Phi) is 5.30. The number of halogens is 4. The number of alkyl halides is 3. The molecule has 4 nitrogen and oxygen atoms in total. The molecule has 1 heterocycles. The highest BCUT2D eigenvalue weighted by molar-refractivity contribution is 7.89. The van der Waals surface area contributed by atoms with Gasteiger partial charge in [-0.3, -0.25) is 0 Å². The molecule has 1 fully saturated rings. The molecule has 1 saturated heterocycles. The van der Waals surface area contributed by atoms with Crippen molar-refractivity contribution in [1.82, 2.24) is 9.21 Å². The summed E-state index contributed by atoms with van der Waals surface area (Å²) in [7, 11) is -0.377. The van der Waals surface area contributed by atoms with Crippen molar-refractivity contribution in [3.05, 3.63) is 28.8 Å². The largest absolute Gasteiger partial charge is 0.416 e. The lowest BCUT2D eigenvalue weighted by atomic mass is 10.1. The van der Waals surface area contributed by atoms with Crippen molar-refractivity contribution in [2.45, 2.75) is 30.0 Å². The van der Waals surface area contributed by atoms with E-state index in [2.05, 4.69) is 0 Å². The van der Waals surface area contributed by atoms with Gasteiger partial charge in [0.15, 0.2) is 0 Å². The van der Waals surface area contributed by atoms with Crippen molar-refractivity contribution in [2.75, 3.05) is 27.2 Å². The Balaban J connectivity index is 2.39. The Bertz CT molecular complexity index is 677. The first kappa shape index (κ1) is 18.5. The number of benzene rings is 1. The van der Waals surface area contributed by atoms with Gasteiger partial charge in [-0.2, -0.15) is 17.5 Å². The van der Waals surface area contributed by atoms with Gasteiger partial charge in [0.05, 0.1) is 10.6 Å². The van der Waals surface area contributed by atoms with E-state index < -0.39 is 26.7 Å². The van der Waals surface area contributed by atoms with Gasteiger partial charge in [-0.1, -0.05) is 11.6 Å². The average molecular weight is 371 g/mol. The Morgan fingerprint density at radius 1 is 1.30 bits per heavy atom. The van der Waals surface area contributed by atoms with Crippen LogP contribution in [0.3, 0.4) is 0 Å². The highest BCUT2D eigenvalue weighted by atomic mass is 35.5. The number of hydrogen-bond acceptors (Lipinski definition) is 3. The first-order valence-electron chi connectivity index (χ1n) is 7.07. The Morgan fingerprint density at radius 3 is 2.52 bits per heavy atom. The van der Waals surface area contributed by atoms with Crippen molar-refractivity contribution in [2.24, 2.45) is 0 Å². The molecule has 0 aliphatic carbocycles. The van der Waals surface area contributed by atoms with Crippen LogP contribution in [0.25, 0.3) is 0 Å². The summed E-state index contributed by atoms with van der Waals surface area (Å²) in [5.41, 5.74) is -1.03. The van der Waals surface area contributed by atoms with Gasteiger partial charge in [-0.15, -0.1) is 0 Å². The predicted molar refractivity (Wildman–Crippen MR) is 81.9 cm³/mol. The van der Waals surface area contributed by atoms with Gasteiger partial charge < -0.3 is 4.90 Å². The van der Waals surface area contributed by atoms with Crippen LogP contribution in [0.15, 0.2) is 23.1 Å². The lowest BCUT2D eigenvalue weighted by Crippen LogP contribution is -2.47. The average Bonchev–Trinajstić information content (AvgIpc) is 2.46. The van der Waals surface area contributed by atoms with Gasteiger partial charge in [0.2, 0.25) is 10.0 Å². The molecule has 1 unspecified atom stereocenters. The molecule has 1 aromatic rings. The van der Waals surface area contributed by atoms with E-state index in [4.69, 9.17) is 11.6 Å². The quantitative estimate of drug-likeness (QED) is 0.821. The maximum Gasteiger partial charge on any atom is 0.416 e. The molecule has 0 aromatic heterocycles. The standard InChI is InChI=1S/C14H18ClF3N2O2S/c1-19(2)11-4-3-7-20(9-11)23(21,22)13-8-10(14(16,17)18)5-6-12(13)15/h5-6,8,11H,3-4,7,9H2,1-2H3. The van der Waals surface area contributed by atoms with E-state index in [0.717, 1.165) is 18.6 Å². The topological polar surface area (TPSA) is 40.6 Å². The summed E-state index contributed by atoms with van der Waals surface area (Å²) in [5, 5.41) is -0.204. The fourth-order valence-corrected chi connectivity index (χ4v) is 4.59. The molecule has 1 aliphatic rings. The third-order valence-corrected chi connectivity index (χ3v) is 6.31. The second kappa shape index (κ2) is 6.58. The van der Waals surface area contributed by atoms with Crippen molar-refractivity contribution in [3.63, 3.8) is 0 Å². The molecule has 1 aliphatic heterocycles. The van der Waals surface area contributed by atoms with E-state index in [1.54, 1.807) is 0 Å². The molecular formula is C14H18ClF3N2O2S. The summed E-state index contributed by atoms with van der Waals surface area (Å²) in [6, 6.07) is 2.39. The van der Waals surface area contributed by atoms with E-state index >= 15 is 0 Å². The number of sulfonamides is 1. The molecule has 0 bridgehead atoms. The maximum atomic E-state index is 12.8. The summed E-state index contributed by atoms with van der Waals surface area (Å²) in [6.45, 7) is 0.515. The van der Waals surface area contributed by atoms with Gasteiger partial charge in [0, 0.05) is 19.1 Å². The van der Waals surface area contributed by atoms with Crippen LogP contribution in [0, 0.1) is 0 Å². The summed E-state index contributed by atoms with van der Waals surface area (Å²) >= 11 is 5.87. The molecule has 0 spiro atoms. The molecule has 23 heavy (non-hydrogen) atoms. The molecule has 9 heteroatoms. The lowest BCUT2D eigenvalue weighted by molar-refractivity contribution is -0.137. The third-order valence-electron chi connectivity index (χ3n) is 3.97. The van der Waals surface area contributed by atoms with Crippen molar-refractivity contribution < 1.29 is 21.6 Å². The van der Waals surface area contributed by atoms with Gasteiger partial charge >= 0.3 is 6.18 Å². The van der Waals surface area contributed by atoms with Crippen LogP contribution in [0.4, 0.5) is 13.2 Å². The fraction of sp³-hybridized carbons (Fsp3) is 0.571. The number of piperidine rings is 1. The normalized spacial score (nSPS) is 20.9. The van der Waals surface area contributed by atoms with Crippen LogP contribution >= 0.6 is 11.6 Å². The molecule has 1 aromatic carbocycles. The summed E-state index contributed by atoms with van der Waals surface area (Å²) < 4.78 is 65.2. The van der Waals surface area contributed by atoms with Gasteiger partial charge in [0.25, 0.3) is 0 Å². The SMILES string of the molecule is CN(C)C1CCCN(S(=O)(=O)c2cc(C(F)(F)F)ccc2Cl)C1. The molecule has 0 N–H and O–H groups in total. The summed E-state index contributed by atoms with van der Waals surface area (Å²) in [4.78, 5) is 1.42. The number of rotatable bonds is 3. The zero-order valence-corrected chi connectivity index (χ0v) is 14.3. The van der Waals surface area contributed by atoms with E-state index in [-0.39, 0.29) is 24.2 Å². The summed E-state index contributed by atoms with van der Waals surface area (Å²) in [5.74, 6) is 0. The van der Waals surface area contributed by atoms with Crippen molar-refractivity contribution in [1.29, 1.82) is 0 Å². The van der Waals surface area contributed by atoms with E-state index in [1.807, 2.05) is 19.0 Å². The smallest absolute Gasteiger partial charge is 0.305 e. The highest BCUT2D eigenvalue weighted by Crippen LogP contribution is 2.35. The van der Waals surface area contributed by atoms with E-state index in [9.17, 15) is 21.6 Å². The summed E-state index contributed by atoms with van der Waals surface area (Å²) in [6.07, 6.45) is -3.13. The van der Waals surface area contributed by atoms with E-state index in [1.165, 1.54) is 4.31 Å². The van der Waals surface area contributed by atoms with Crippen LogP contribution in [0.2, 0.25) is 5.02 Å². The maximum absolute atomic E-state index is 12.8. The second-order valence-electron chi connectivity index (χ2n) is 5.77. The van der Waals surface area contributed by atoms with Crippen LogP contribution in [0.1, 0.15) is 18.4 Å². The lowest BCUT2D eigenvalue weighted by Gasteiger charge is -2.35. The van der Waals surface area contributed by atoms with Crippen LogP contribution in [-0.4, -0.2) is 50.8 Å². The Labute approximate surface area is 138 Å². The molecular weight excluding hydrogens is 353 g/mol. The minimum atomic E-state index is -4.62. The number of hydrogen-bond donors (Lipinski definition) is 0. The van der Waals surface area contributed by atoms with Gasteiger partial charge in [-0.05, 0) is 45.1 Å². The first-order chi connectivity index (χ1) is 10.5. The third kappa shape index (κ3) is 3.99. The van der Waals surface area contributed by atoms with Crippen molar-refractivity contribution in [3.8, 4) is 0 Å². The minimum absolute atomic E-state index is 0.0306. The van der Waals surface area contributed by atoms with Crippen LogP contribution in [0.5, 0.6) is 0 Å². The zero-order chi connectivity index (χ0) is 17.4. The fourth-order valence-electron chi connectivity index (χ4n) is 2.58. The van der Waals surface area contributed by atoms with Crippen LogP contribution in [-0.2, 0) is 16.2 Å². The predicted octanol–water partition coefficient (Wildman–Crippen LogP) is 3.07. The van der Waals surface area contributed by atoms with Crippen LogP contribution < -0.4 is 0 Å². The molecule has 1 atom stereocenters. The second-order valence-corrected chi connectivity index (χ2v) is 8.08. The number of nitrogens with zero attached hydrogens (tertiary/aromatic N) is 2. The monoisotopic (exact) mass is 370 g/mol. The molecule has 0 radical (unpaired) electrons. The zero-order valence-electron chi connectivity index (χ0n) is 12.8.